The van der Waals surface area contributed by atoms with Crippen LogP contribution in [-0.4, -0.2) is 31.7 Å². The molecule has 0 radical (unpaired) electrons. The van der Waals surface area contributed by atoms with Crippen molar-refractivity contribution in [3.05, 3.63) is 64.2 Å². The first-order chi connectivity index (χ1) is 13.1. The maximum Gasteiger partial charge on any atom is -0.147 e. The molecule has 0 aromatic heterocycles. The first-order valence-corrected chi connectivity index (χ1v) is 17.7. The zero-order chi connectivity index (χ0) is 20.6. The van der Waals surface area contributed by atoms with Crippen molar-refractivity contribution in [2.24, 2.45) is 0 Å². The summed E-state index contributed by atoms with van der Waals surface area (Å²) in [5.41, 5.74) is 4.35. The van der Waals surface area contributed by atoms with Gasteiger partial charge in [0.2, 0.25) is 0 Å². The van der Waals surface area contributed by atoms with Gasteiger partial charge in [-0.2, -0.15) is 0 Å². The van der Waals surface area contributed by atoms with E-state index >= 15 is 0 Å². The van der Waals surface area contributed by atoms with Crippen molar-refractivity contribution in [2.45, 2.75) is 56.0 Å². The largest absolute Gasteiger partial charge is 0.147 e. The number of likely N-dealkylation sites (N-methyl/N-ethyl adjacent to an activating group) is 1. The van der Waals surface area contributed by atoms with Crippen molar-refractivity contribution in [3.8, 4) is 5.75 Å². The Labute approximate surface area is 207 Å². The van der Waals surface area contributed by atoms with Gasteiger partial charge in [0, 0.05) is 0 Å². The zero-order valence-corrected chi connectivity index (χ0v) is 24.1. The third-order valence-electron chi connectivity index (χ3n) is 5.72. The molecule has 30 heavy (non-hydrogen) atoms. The number of fused-ring (bicyclic) bond motifs is 1. The van der Waals surface area contributed by atoms with Gasteiger partial charge in [-0.1, -0.05) is 0 Å². The van der Waals surface area contributed by atoms with Gasteiger partial charge in [0.25, 0.3) is 0 Å². The predicted octanol–water partition coefficient (Wildman–Crippen LogP) is 6.60. The molecule has 0 aliphatic heterocycles. The van der Waals surface area contributed by atoms with Crippen LogP contribution in [0.4, 0.5) is 0 Å². The third-order valence-corrected chi connectivity index (χ3v) is 17.2. The Kier molecular flexibility index (Phi) is 10.5. The number of benzene rings is 2. The Morgan fingerprint density at radius 3 is 2.27 bits per heavy atom. The Hall–Kier alpha value is 0.00117. The molecule has 2 nitrogen and oxygen atoms in total. The summed E-state index contributed by atoms with van der Waals surface area (Å²) in [4.78, 5) is 2.41. The molecule has 0 heterocycles. The number of halogens is 3. The van der Waals surface area contributed by atoms with Gasteiger partial charge < -0.3 is 0 Å². The van der Waals surface area contributed by atoms with E-state index in [0.717, 1.165) is 17.2 Å². The van der Waals surface area contributed by atoms with E-state index in [4.69, 9.17) is 14.9 Å². The summed E-state index contributed by atoms with van der Waals surface area (Å²) in [6.45, 7) is 10.7. The molecular formula is C23H35Cl3NOSiTi. The van der Waals surface area contributed by atoms with E-state index in [2.05, 4.69) is 89.3 Å². The molecule has 0 fully saturated rings. The van der Waals surface area contributed by atoms with Crippen molar-refractivity contribution in [1.29, 1.82) is 0 Å². The number of hydrogen-bond donors (Lipinski definition) is 0. The second-order valence-corrected chi connectivity index (χ2v) is 22.5. The molecule has 0 saturated heterocycles. The van der Waals surface area contributed by atoms with Gasteiger partial charge in [-0.05, 0) is 0 Å². The van der Waals surface area contributed by atoms with Crippen LogP contribution in [0.1, 0.15) is 41.7 Å². The summed E-state index contributed by atoms with van der Waals surface area (Å²) in [7, 11) is 4.44. The second kappa shape index (κ2) is 11.2. The average Bonchev–Trinajstić information content (AvgIpc) is 2.98. The normalized spacial score (nSPS) is 17.9. The maximum atomic E-state index is 6.93. The van der Waals surface area contributed by atoms with Gasteiger partial charge in [-0.15, -0.1) is 24.8 Å². The Morgan fingerprint density at radius 1 is 1.07 bits per heavy atom. The molecule has 0 spiro atoms. The fourth-order valence-electron chi connectivity index (χ4n) is 4.13. The summed E-state index contributed by atoms with van der Waals surface area (Å²) in [5, 5.41) is 0.779. The Balaban J connectivity index is 0.00000225. The SMILES string of the molecule is CN(C)C1Cc2ccccc2[CH]1[Ti]([O]c1cc(Cl)cc(C(C)(C)C)c1)[SiH](C)C.Cl.Cl. The molecule has 7 heteroatoms. The summed E-state index contributed by atoms with van der Waals surface area (Å²) in [6, 6.07) is 15.9. The minimum Gasteiger partial charge on any atom is -0.147 e. The topological polar surface area (TPSA) is 12.5 Å². The van der Waals surface area contributed by atoms with E-state index in [1.165, 1.54) is 16.7 Å². The minimum absolute atomic E-state index is 0. The molecule has 0 bridgehead atoms. The fourth-order valence-corrected chi connectivity index (χ4v) is 15.0. The standard InChI is InChI=1S/C11H14N.C10H13ClO.C2H7Si.2ClH.Ti/c1-12(2)11-7-9-5-3-4-6-10(9)8-11;1-10(2,3)7-4-8(11)6-9(12)5-7;1-3-2;;;/h3-7,11H,8H2,1-2H3;4-6,12H,1-3H3;3H,1-2H3;2*1H;/q;;;;;+1/p-1. The van der Waals surface area contributed by atoms with E-state index in [1.807, 2.05) is 6.07 Å². The van der Waals surface area contributed by atoms with Crippen LogP contribution in [0.25, 0.3) is 0 Å². The van der Waals surface area contributed by atoms with E-state index in [0.29, 0.717) is 10.3 Å². The van der Waals surface area contributed by atoms with E-state index in [-0.39, 0.29) is 30.2 Å². The second-order valence-electron chi connectivity index (χ2n) is 9.50. The Bertz CT molecular complexity index is 841. The van der Waals surface area contributed by atoms with Crippen molar-refractivity contribution in [2.75, 3.05) is 14.1 Å². The van der Waals surface area contributed by atoms with Gasteiger partial charge in [-0.25, -0.2) is 0 Å². The first kappa shape index (κ1) is 28.0. The molecule has 1 aliphatic carbocycles. The number of hydrogen-bond acceptors (Lipinski definition) is 2. The van der Waals surface area contributed by atoms with Crippen LogP contribution in [0.3, 0.4) is 0 Å². The van der Waals surface area contributed by atoms with E-state index < -0.39 is 24.2 Å². The van der Waals surface area contributed by atoms with Gasteiger partial charge in [0.1, 0.15) is 0 Å². The zero-order valence-electron chi connectivity index (χ0n) is 19.0. The predicted molar refractivity (Wildman–Crippen MR) is 135 cm³/mol. The molecule has 2 aromatic carbocycles. The summed E-state index contributed by atoms with van der Waals surface area (Å²) in [6.07, 6.45) is 1.14. The van der Waals surface area contributed by atoms with Crippen LogP contribution in [0.15, 0.2) is 42.5 Å². The van der Waals surface area contributed by atoms with Crippen LogP contribution >= 0.6 is 36.4 Å². The van der Waals surface area contributed by atoms with Crippen LogP contribution in [0.2, 0.25) is 18.1 Å². The molecule has 167 valence electrons. The van der Waals surface area contributed by atoms with Crippen molar-refractivity contribution in [1.82, 2.24) is 4.90 Å². The summed E-state index contributed by atoms with van der Waals surface area (Å²) >= 11 is 4.64. The van der Waals surface area contributed by atoms with Crippen LogP contribution in [-0.2, 0) is 29.3 Å². The quantitative estimate of drug-likeness (QED) is 0.409. The number of rotatable bonds is 5. The molecule has 2 atom stereocenters. The molecule has 0 N–H and O–H groups in total. The molecule has 2 aromatic rings. The van der Waals surface area contributed by atoms with Gasteiger partial charge in [0.15, 0.2) is 0 Å². The van der Waals surface area contributed by atoms with Crippen LogP contribution in [0.5, 0.6) is 5.75 Å². The van der Waals surface area contributed by atoms with Crippen molar-refractivity contribution >= 4 is 43.1 Å². The summed E-state index contributed by atoms with van der Waals surface area (Å²) < 4.78 is 7.50. The van der Waals surface area contributed by atoms with E-state index in [9.17, 15) is 0 Å². The van der Waals surface area contributed by atoms with Gasteiger partial charge >= 0.3 is 184 Å². The smallest absolute Gasteiger partial charge is 0.147 e. The molecule has 2 unspecified atom stereocenters. The first-order valence-electron chi connectivity index (χ1n) is 10.2. The average molecular weight is 524 g/mol. The minimum atomic E-state index is -1.84. The van der Waals surface area contributed by atoms with Gasteiger partial charge in [-0.3, -0.25) is 0 Å². The third kappa shape index (κ3) is 6.28. The molecule has 1 aliphatic rings. The van der Waals surface area contributed by atoms with Crippen LogP contribution < -0.4 is 3.32 Å². The maximum absolute atomic E-state index is 6.93. The fraction of sp³-hybridized carbons (Fsp3) is 0.478. The van der Waals surface area contributed by atoms with E-state index in [1.54, 1.807) is 0 Å². The molecule has 3 rings (SSSR count). The monoisotopic (exact) mass is 522 g/mol. The van der Waals surface area contributed by atoms with Crippen LogP contribution in [0, 0.1) is 0 Å². The molecule has 0 amide bonds. The summed E-state index contributed by atoms with van der Waals surface area (Å²) in [5.74, 6) is 0.982. The van der Waals surface area contributed by atoms with Gasteiger partial charge in [0.05, 0.1) is 0 Å². The molecule has 0 saturated carbocycles. The number of nitrogens with zero attached hydrogens (tertiary/aromatic N) is 1. The Morgan fingerprint density at radius 2 is 1.70 bits per heavy atom. The molecular weight excluding hydrogens is 489 g/mol. The van der Waals surface area contributed by atoms with Crippen molar-refractivity contribution in [3.63, 3.8) is 0 Å². The van der Waals surface area contributed by atoms with Crippen molar-refractivity contribution < 1.29 is 20.8 Å².